The minimum Gasteiger partial charge on any atom is -0.349 e. The van der Waals surface area contributed by atoms with Crippen molar-refractivity contribution in [2.45, 2.75) is 26.8 Å². The van der Waals surface area contributed by atoms with Crippen LogP contribution in [0.4, 0.5) is 0 Å². The van der Waals surface area contributed by atoms with E-state index in [0.717, 1.165) is 24.3 Å². The SMILES string of the molecule is Cc1c(C(C)NC(=O)C(C)C2CNC2)cnn1C. The van der Waals surface area contributed by atoms with Crippen molar-refractivity contribution in [3.8, 4) is 0 Å². The molecule has 1 aliphatic rings. The Balaban J connectivity index is 1.96. The Morgan fingerprint density at radius 2 is 2.22 bits per heavy atom. The predicted octanol–water partition coefficient (Wildman–Crippen LogP) is 0.761. The van der Waals surface area contributed by atoms with E-state index in [9.17, 15) is 4.79 Å². The van der Waals surface area contributed by atoms with Crippen molar-refractivity contribution in [1.82, 2.24) is 20.4 Å². The molecule has 1 fully saturated rings. The standard InChI is InChI=1S/C13H22N4O/c1-8(11-5-14-6-11)13(18)16-9(2)12-7-15-17(4)10(12)3/h7-9,11,14H,5-6H2,1-4H3,(H,16,18). The van der Waals surface area contributed by atoms with Gasteiger partial charge in [-0.05, 0) is 32.9 Å². The first kappa shape index (κ1) is 13.1. The largest absolute Gasteiger partial charge is 0.349 e. The highest BCUT2D eigenvalue weighted by Gasteiger charge is 2.29. The van der Waals surface area contributed by atoms with Crippen molar-refractivity contribution < 1.29 is 4.79 Å². The molecule has 2 N–H and O–H groups in total. The highest BCUT2D eigenvalue weighted by Crippen LogP contribution is 2.20. The van der Waals surface area contributed by atoms with Crippen LogP contribution in [0.2, 0.25) is 0 Å². The summed E-state index contributed by atoms with van der Waals surface area (Å²) in [6.45, 7) is 7.94. The molecule has 5 heteroatoms. The summed E-state index contributed by atoms with van der Waals surface area (Å²) in [6.07, 6.45) is 1.83. The van der Waals surface area contributed by atoms with E-state index in [0.29, 0.717) is 5.92 Å². The number of hydrogen-bond acceptors (Lipinski definition) is 3. The lowest BCUT2D eigenvalue weighted by atomic mass is 9.88. The molecule has 2 unspecified atom stereocenters. The smallest absolute Gasteiger partial charge is 0.223 e. The topological polar surface area (TPSA) is 59.0 Å². The molecule has 0 bridgehead atoms. The Hall–Kier alpha value is -1.36. The molecule has 0 spiro atoms. The minimum absolute atomic E-state index is 0.0154. The number of aryl methyl sites for hydroxylation is 1. The van der Waals surface area contributed by atoms with Crippen LogP contribution in [0.25, 0.3) is 0 Å². The lowest BCUT2D eigenvalue weighted by Crippen LogP contribution is -2.49. The van der Waals surface area contributed by atoms with Gasteiger partial charge in [0.05, 0.1) is 12.2 Å². The van der Waals surface area contributed by atoms with Gasteiger partial charge in [-0.25, -0.2) is 0 Å². The quantitative estimate of drug-likeness (QED) is 0.829. The van der Waals surface area contributed by atoms with Gasteiger partial charge in [-0.3, -0.25) is 9.48 Å². The van der Waals surface area contributed by atoms with E-state index in [1.165, 1.54) is 0 Å². The highest BCUT2D eigenvalue weighted by atomic mass is 16.1. The fourth-order valence-corrected chi connectivity index (χ4v) is 2.24. The van der Waals surface area contributed by atoms with Gasteiger partial charge in [-0.2, -0.15) is 5.10 Å². The van der Waals surface area contributed by atoms with Gasteiger partial charge in [0.25, 0.3) is 0 Å². The molecule has 0 radical (unpaired) electrons. The number of rotatable bonds is 4. The average Bonchev–Trinajstić information content (AvgIpc) is 2.57. The van der Waals surface area contributed by atoms with E-state index in [1.54, 1.807) is 0 Å². The number of carbonyl (C=O) groups excluding carboxylic acids is 1. The second-order valence-electron chi connectivity index (χ2n) is 5.25. The van der Waals surface area contributed by atoms with Crippen LogP contribution in [-0.4, -0.2) is 28.8 Å². The van der Waals surface area contributed by atoms with Crippen LogP contribution in [0.1, 0.15) is 31.1 Å². The molecular weight excluding hydrogens is 228 g/mol. The van der Waals surface area contributed by atoms with E-state index >= 15 is 0 Å². The van der Waals surface area contributed by atoms with Crippen molar-refractivity contribution in [2.24, 2.45) is 18.9 Å². The Labute approximate surface area is 108 Å². The molecular formula is C13H22N4O. The molecule has 1 aliphatic heterocycles. The van der Waals surface area contributed by atoms with Gasteiger partial charge in [0.15, 0.2) is 0 Å². The molecule has 1 saturated heterocycles. The van der Waals surface area contributed by atoms with Gasteiger partial charge in [0.1, 0.15) is 0 Å². The minimum atomic E-state index is 0.0154. The van der Waals surface area contributed by atoms with Crippen LogP contribution < -0.4 is 10.6 Å². The maximum atomic E-state index is 12.1. The molecule has 2 atom stereocenters. The monoisotopic (exact) mass is 250 g/mol. The van der Waals surface area contributed by atoms with E-state index in [2.05, 4.69) is 15.7 Å². The van der Waals surface area contributed by atoms with Crippen molar-refractivity contribution in [2.75, 3.05) is 13.1 Å². The van der Waals surface area contributed by atoms with Crippen LogP contribution in [0, 0.1) is 18.8 Å². The van der Waals surface area contributed by atoms with E-state index in [1.807, 2.05) is 38.7 Å². The van der Waals surface area contributed by atoms with Crippen molar-refractivity contribution in [3.05, 3.63) is 17.5 Å². The van der Waals surface area contributed by atoms with Crippen LogP contribution in [0.5, 0.6) is 0 Å². The van der Waals surface area contributed by atoms with Crippen LogP contribution >= 0.6 is 0 Å². The summed E-state index contributed by atoms with van der Waals surface area (Å²) in [5.74, 6) is 0.690. The number of nitrogens with zero attached hydrogens (tertiary/aromatic N) is 2. The Morgan fingerprint density at radius 3 is 2.67 bits per heavy atom. The number of aromatic nitrogens is 2. The maximum absolute atomic E-state index is 12.1. The third-order valence-corrected chi connectivity index (χ3v) is 4.03. The first-order valence-electron chi connectivity index (χ1n) is 6.50. The third kappa shape index (κ3) is 2.41. The summed E-state index contributed by atoms with van der Waals surface area (Å²) >= 11 is 0. The Morgan fingerprint density at radius 1 is 1.56 bits per heavy atom. The van der Waals surface area contributed by atoms with E-state index < -0.39 is 0 Å². The van der Waals surface area contributed by atoms with Crippen LogP contribution in [0.3, 0.4) is 0 Å². The number of hydrogen-bond donors (Lipinski definition) is 2. The molecule has 1 aromatic rings. The molecule has 1 aromatic heterocycles. The lowest BCUT2D eigenvalue weighted by molar-refractivity contribution is -0.127. The van der Waals surface area contributed by atoms with Gasteiger partial charge < -0.3 is 10.6 Å². The van der Waals surface area contributed by atoms with Crippen LogP contribution in [0.15, 0.2) is 6.20 Å². The Kier molecular flexibility index (Phi) is 3.71. The molecule has 5 nitrogen and oxygen atoms in total. The zero-order valence-electron chi connectivity index (χ0n) is 11.5. The lowest BCUT2D eigenvalue weighted by Gasteiger charge is -2.32. The molecule has 0 aliphatic carbocycles. The number of amides is 1. The zero-order valence-corrected chi connectivity index (χ0v) is 11.5. The summed E-state index contributed by atoms with van der Waals surface area (Å²) < 4.78 is 1.83. The Bertz CT molecular complexity index is 436. The number of nitrogens with one attached hydrogen (secondary N) is 2. The zero-order chi connectivity index (χ0) is 13.3. The molecule has 1 amide bonds. The summed E-state index contributed by atoms with van der Waals surface area (Å²) in [5, 5.41) is 10.5. The van der Waals surface area contributed by atoms with Gasteiger partial charge in [-0.15, -0.1) is 0 Å². The van der Waals surface area contributed by atoms with Crippen molar-refractivity contribution >= 4 is 5.91 Å². The summed E-state index contributed by atoms with van der Waals surface area (Å²) in [6, 6.07) is 0.0154. The fraction of sp³-hybridized carbons (Fsp3) is 0.692. The molecule has 18 heavy (non-hydrogen) atoms. The molecule has 2 heterocycles. The maximum Gasteiger partial charge on any atom is 0.223 e. The van der Waals surface area contributed by atoms with Crippen molar-refractivity contribution in [3.63, 3.8) is 0 Å². The fourth-order valence-electron chi connectivity index (χ4n) is 2.24. The van der Waals surface area contributed by atoms with E-state index in [4.69, 9.17) is 0 Å². The van der Waals surface area contributed by atoms with E-state index in [-0.39, 0.29) is 17.9 Å². The molecule has 100 valence electrons. The highest BCUT2D eigenvalue weighted by molar-refractivity contribution is 5.79. The van der Waals surface area contributed by atoms with Gasteiger partial charge >= 0.3 is 0 Å². The van der Waals surface area contributed by atoms with Crippen molar-refractivity contribution in [1.29, 1.82) is 0 Å². The molecule has 0 saturated carbocycles. The van der Waals surface area contributed by atoms with Gasteiger partial charge in [0.2, 0.25) is 5.91 Å². The predicted molar refractivity (Wildman–Crippen MR) is 70.0 cm³/mol. The molecule has 2 rings (SSSR count). The first-order valence-corrected chi connectivity index (χ1v) is 6.50. The summed E-state index contributed by atoms with van der Waals surface area (Å²) in [5.41, 5.74) is 2.19. The van der Waals surface area contributed by atoms with Crippen LogP contribution in [-0.2, 0) is 11.8 Å². The summed E-state index contributed by atoms with van der Waals surface area (Å²) in [7, 11) is 1.91. The van der Waals surface area contributed by atoms with Gasteiger partial charge in [-0.1, -0.05) is 6.92 Å². The average molecular weight is 250 g/mol. The third-order valence-electron chi connectivity index (χ3n) is 4.03. The normalized spacial score (nSPS) is 19.1. The summed E-state index contributed by atoms with van der Waals surface area (Å²) in [4.78, 5) is 12.1. The second-order valence-corrected chi connectivity index (χ2v) is 5.25. The second kappa shape index (κ2) is 5.10. The molecule has 0 aromatic carbocycles. The number of carbonyl (C=O) groups is 1. The van der Waals surface area contributed by atoms with Gasteiger partial charge in [0, 0.05) is 24.2 Å². The first-order chi connectivity index (χ1) is 8.50.